The zero-order chi connectivity index (χ0) is 17.5. The van der Waals surface area contributed by atoms with Crippen molar-refractivity contribution in [1.29, 1.82) is 0 Å². The van der Waals surface area contributed by atoms with E-state index < -0.39 is 0 Å². The van der Waals surface area contributed by atoms with E-state index in [9.17, 15) is 0 Å². The van der Waals surface area contributed by atoms with Gasteiger partial charge < -0.3 is 14.7 Å². The van der Waals surface area contributed by atoms with E-state index in [1.54, 1.807) is 0 Å². The Hall–Kier alpha value is -1.29. The van der Waals surface area contributed by atoms with E-state index in [1.165, 1.54) is 11.3 Å². The van der Waals surface area contributed by atoms with Gasteiger partial charge in [0, 0.05) is 43.8 Å². The molecule has 0 radical (unpaired) electrons. The zero-order valence-electron chi connectivity index (χ0n) is 15.2. The quantitative estimate of drug-likeness (QED) is 0.292. The molecule has 1 atom stereocenters. The number of thioether (sulfide) groups is 1. The number of rotatable bonds is 6. The van der Waals surface area contributed by atoms with Crippen molar-refractivity contribution in [2.24, 2.45) is 10.9 Å². The number of benzene rings is 1. The molecular weight excluding hydrogens is 461 g/mol. The summed E-state index contributed by atoms with van der Waals surface area (Å²) in [5.41, 5.74) is 0. The van der Waals surface area contributed by atoms with Gasteiger partial charge in [-0.15, -0.1) is 35.7 Å². The molecule has 1 aliphatic heterocycles. The molecule has 0 aliphatic carbocycles. The summed E-state index contributed by atoms with van der Waals surface area (Å²) in [6.07, 6.45) is 1.92. The summed E-state index contributed by atoms with van der Waals surface area (Å²) >= 11 is 1.94. The minimum atomic E-state index is 0. The SMILES string of the molecule is CN=C(NCCc1nc(C)no1)N1CCC(CSc2ccccc2)C1.I. The van der Waals surface area contributed by atoms with Crippen LogP contribution in [0.4, 0.5) is 0 Å². The molecule has 1 N–H and O–H groups in total. The van der Waals surface area contributed by atoms with Crippen LogP contribution in [0, 0.1) is 12.8 Å². The van der Waals surface area contributed by atoms with Gasteiger partial charge in [-0.05, 0) is 31.4 Å². The predicted octanol–water partition coefficient (Wildman–Crippen LogP) is 3.23. The highest BCUT2D eigenvalue weighted by molar-refractivity contribution is 14.0. The Morgan fingerprint density at radius 3 is 2.88 bits per heavy atom. The van der Waals surface area contributed by atoms with Crippen LogP contribution in [0.1, 0.15) is 18.1 Å². The van der Waals surface area contributed by atoms with Crippen molar-refractivity contribution < 1.29 is 4.52 Å². The number of guanidine groups is 1. The number of aryl methyl sites for hydroxylation is 1. The molecule has 8 heteroatoms. The van der Waals surface area contributed by atoms with Gasteiger partial charge >= 0.3 is 0 Å². The summed E-state index contributed by atoms with van der Waals surface area (Å²) < 4.78 is 5.14. The lowest BCUT2D eigenvalue weighted by Crippen LogP contribution is -2.41. The summed E-state index contributed by atoms with van der Waals surface area (Å²) in [5, 5.41) is 7.22. The molecular formula is C18H26IN5OS. The first kappa shape index (κ1) is 21.0. The summed E-state index contributed by atoms with van der Waals surface area (Å²) in [6.45, 7) is 4.68. The first-order valence-corrected chi connectivity index (χ1v) is 9.66. The van der Waals surface area contributed by atoms with Crippen LogP contribution in [0.25, 0.3) is 0 Å². The highest BCUT2D eigenvalue weighted by Gasteiger charge is 2.24. The van der Waals surface area contributed by atoms with Crippen LogP contribution < -0.4 is 5.32 Å². The Labute approximate surface area is 176 Å². The van der Waals surface area contributed by atoms with Crippen molar-refractivity contribution in [3.05, 3.63) is 42.0 Å². The fourth-order valence-corrected chi connectivity index (χ4v) is 4.00. The molecule has 3 rings (SSSR count). The van der Waals surface area contributed by atoms with Gasteiger partial charge in [0.25, 0.3) is 0 Å². The Balaban J connectivity index is 0.00000243. The molecule has 6 nitrogen and oxygen atoms in total. The fourth-order valence-electron chi connectivity index (χ4n) is 2.95. The monoisotopic (exact) mass is 487 g/mol. The molecule has 1 aromatic carbocycles. The lowest BCUT2D eigenvalue weighted by atomic mass is 10.2. The number of nitrogens with one attached hydrogen (secondary N) is 1. The van der Waals surface area contributed by atoms with E-state index in [0.717, 1.165) is 31.3 Å². The molecule has 1 unspecified atom stereocenters. The topological polar surface area (TPSA) is 66.5 Å². The minimum absolute atomic E-state index is 0. The van der Waals surface area contributed by atoms with Gasteiger partial charge in [-0.1, -0.05) is 23.4 Å². The molecule has 2 heterocycles. The Morgan fingerprint density at radius 2 is 2.19 bits per heavy atom. The van der Waals surface area contributed by atoms with Crippen LogP contribution in [-0.4, -0.2) is 53.4 Å². The first-order valence-electron chi connectivity index (χ1n) is 8.67. The van der Waals surface area contributed by atoms with Gasteiger partial charge in [0.05, 0.1) is 0 Å². The van der Waals surface area contributed by atoms with Crippen LogP contribution in [0.15, 0.2) is 44.7 Å². The Kier molecular flexibility index (Phi) is 8.70. The van der Waals surface area contributed by atoms with Crippen molar-refractivity contribution >= 4 is 41.7 Å². The number of nitrogens with zero attached hydrogens (tertiary/aromatic N) is 4. The number of halogens is 1. The maximum Gasteiger partial charge on any atom is 0.228 e. The van der Waals surface area contributed by atoms with Crippen LogP contribution in [0.5, 0.6) is 0 Å². The summed E-state index contributed by atoms with van der Waals surface area (Å²) in [4.78, 5) is 12.3. The molecule has 2 aromatic rings. The number of hydrogen-bond donors (Lipinski definition) is 1. The largest absolute Gasteiger partial charge is 0.356 e. The van der Waals surface area contributed by atoms with Gasteiger partial charge in [0.1, 0.15) is 0 Å². The molecule has 142 valence electrons. The lowest BCUT2D eigenvalue weighted by molar-refractivity contribution is 0.373. The third kappa shape index (κ3) is 6.15. The molecule has 0 spiro atoms. The molecule has 1 aliphatic rings. The highest BCUT2D eigenvalue weighted by atomic mass is 127. The predicted molar refractivity (Wildman–Crippen MR) is 116 cm³/mol. The van der Waals surface area contributed by atoms with Crippen molar-refractivity contribution in [2.45, 2.75) is 24.7 Å². The number of likely N-dealkylation sites (tertiary alicyclic amines) is 1. The van der Waals surface area contributed by atoms with E-state index in [-0.39, 0.29) is 24.0 Å². The fraction of sp³-hybridized carbons (Fsp3) is 0.500. The molecule has 1 saturated heterocycles. The van der Waals surface area contributed by atoms with Crippen molar-refractivity contribution in [1.82, 2.24) is 20.4 Å². The van der Waals surface area contributed by atoms with Gasteiger partial charge in [0.15, 0.2) is 11.8 Å². The van der Waals surface area contributed by atoms with E-state index in [2.05, 4.69) is 55.7 Å². The second-order valence-corrected chi connectivity index (χ2v) is 7.28. The lowest BCUT2D eigenvalue weighted by Gasteiger charge is -2.21. The number of aromatic nitrogens is 2. The molecule has 1 aromatic heterocycles. The average molecular weight is 487 g/mol. The standard InChI is InChI=1S/C18H25N5OS.HI/c1-14-21-17(24-22-14)8-10-20-18(19-2)23-11-9-15(12-23)13-25-16-6-4-3-5-7-16;/h3-7,15H,8-13H2,1-2H3,(H,19,20);1H. The third-order valence-corrected chi connectivity index (χ3v) is 5.46. The molecule has 26 heavy (non-hydrogen) atoms. The number of aliphatic imine (C=N–C) groups is 1. The van der Waals surface area contributed by atoms with Gasteiger partial charge in [0.2, 0.25) is 5.89 Å². The second kappa shape index (κ2) is 10.8. The van der Waals surface area contributed by atoms with Crippen LogP contribution >= 0.6 is 35.7 Å². The first-order chi connectivity index (χ1) is 12.2. The molecule has 1 fully saturated rings. The van der Waals surface area contributed by atoms with Crippen LogP contribution in [0.2, 0.25) is 0 Å². The maximum atomic E-state index is 5.14. The average Bonchev–Trinajstić information content (AvgIpc) is 3.27. The summed E-state index contributed by atoms with van der Waals surface area (Å²) in [7, 11) is 1.84. The van der Waals surface area contributed by atoms with Crippen molar-refractivity contribution in [3.8, 4) is 0 Å². The van der Waals surface area contributed by atoms with E-state index in [0.29, 0.717) is 24.1 Å². The zero-order valence-corrected chi connectivity index (χ0v) is 18.4. The van der Waals surface area contributed by atoms with E-state index >= 15 is 0 Å². The Bertz CT molecular complexity index is 694. The van der Waals surface area contributed by atoms with Crippen LogP contribution in [-0.2, 0) is 6.42 Å². The summed E-state index contributed by atoms with van der Waals surface area (Å²) in [5.74, 6) is 4.15. The Morgan fingerprint density at radius 1 is 1.38 bits per heavy atom. The third-order valence-electron chi connectivity index (χ3n) is 4.22. The summed E-state index contributed by atoms with van der Waals surface area (Å²) in [6, 6.07) is 10.6. The normalized spacial score (nSPS) is 17.2. The van der Waals surface area contributed by atoms with E-state index in [1.807, 2.05) is 25.7 Å². The highest BCUT2D eigenvalue weighted by Crippen LogP contribution is 2.25. The molecule has 0 bridgehead atoms. The number of hydrogen-bond acceptors (Lipinski definition) is 5. The van der Waals surface area contributed by atoms with Crippen molar-refractivity contribution in [3.63, 3.8) is 0 Å². The molecule has 0 saturated carbocycles. The van der Waals surface area contributed by atoms with Gasteiger partial charge in [-0.2, -0.15) is 4.98 Å². The van der Waals surface area contributed by atoms with Gasteiger partial charge in [-0.25, -0.2) is 0 Å². The maximum absolute atomic E-state index is 5.14. The minimum Gasteiger partial charge on any atom is -0.356 e. The molecule has 0 amide bonds. The van der Waals surface area contributed by atoms with Gasteiger partial charge in [-0.3, -0.25) is 4.99 Å². The van der Waals surface area contributed by atoms with E-state index in [4.69, 9.17) is 4.52 Å². The second-order valence-electron chi connectivity index (χ2n) is 6.18. The smallest absolute Gasteiger partial charge is 0.228 e. The van der Waals surface area contributed by atoms with Crippen LogP contribution in [0.3, 0.4) is 0 Å². The van der Waals surface area contributed by atoms with Crippen molar-refractivity contribution in [2.75, 3.05) is 32.4 Å².